The molecule has 10 heteroatoms. The van der Waals surface area contributed by atoms with Gasteiger partial charge < -0.3 is 14.0 Å². The number of carbonyl (C=O) groups excluding carboxylic acids is 1. The predicted molar refractivity (Wildman–Crippen MR) is 95.7 cm³/mol. The zero-order chi connectivity index (χ0) is 20.3. The molecular formula is C18H21FN2O6S. The lowest BCUT2D eigenvalue weighted by atomic mass is 10.2. The summed E-state index contributed by atoms with van der Waals surface area (Å²) in [5, 5.41) is 3.68. The van der Waals surface area contributed by atoms with Crippen LogP contribution in [0.3, 0.4) is 0 Å². The number of ether oxygens (including phenoxy) is 2. The third-order valence-electron chi connectivity index (χ3n) is 4.42. The van der Waals surface area contributed by atoms with Gasteiger partial charge in [0.25, 0.3) is 0 Å². The summed E-state index contributed by atoms with van der Waals surface area (Å²) in [5.41, 5.74) is 0.254. The van der Waals surface area contributed by atoms with Crippen LogP contribution >= 0.6 is 0 Å². The number of aryl methyl sites for hydroxylation is 2. The van der Waals surface area contributed by atoms with Gasteiger partial charge in [-0.25, -0.2) is 12.8 Å². The Morgan fingerprint density at radius 1 is 1.29 bits per heavy atom. The fourth-order valence-electron chi connectivity index (χ4n) is 3.15. The fraction of sp³-hybridized carbons (Fsp3) is 0.444. The van der Waals surface area contributed by atoms with Crippen LogP contribution in [0.1, 0.15) is 24.3 Å². The van der Waals surface area contributed by atoms with Crippen molar-refractivity contribution in [1.29, 1.82) is 0 Å². The van der Waals surface area contributed by atoms with Crippen LogP contribution in [0, 0.1) is 19.7 Å². The minimum atomic E-state index is -3.92. The summed E-state index contributed by atoms with van der Waals surface area (Å²) in [6, 6.07) is 4.55. The van der Waals surface area contributed by atoms with Gasteiger partial charge in [-0.05, 0) is 51.0 Å². The van der Waals surface area contributed by atoms with Crippen molar-refractivity contribution in [3.05, 3.63) is 41.5 Å². The lowest BCUT2D eigenvalue weighted by Gasteiger charge is -2.22. The maximum atomic E-state index is 13.0. The van der Waals surface area contributed by atoms with Gasteiger partial charge >= 0.3 is 5.97 Å². The Bertz CT molecular complexity index is 922. The van der Waals surface area contributed by atoms with Crippen LogP contribution in [0.4, 0.5) is 4.39 Å². The van der Waals surface area contributed by atoms with E-state index >= 15 is 0 Å². The molecule has 0 amide bonds. The quantitative estimate of drug-likeness (QED) is 0.508. The van der Waals surface area contributed by atoms with Crippen LogP contribution < -0.4 is 4.74 Å². The van der Waals surface area contributed by atoms with Gasteiger partial charge in [0.05, 0.1) is 0 Å². The first-order valence-corrected chi connectivity index (χ1v) is 10.2. The van der Waals surface area contributed by atoms with Crippen molar-refractivity contribution in [3.8, 4) is 5.75 Å². The first-order valence-electron chi connectivity index (χ1n) is 8.80. The Hall–Kier alpha value is -2.46. The molecule has 0 saturated carbocycles. The van der Waals surface area contributed by atoms with E-state index in [4.69, 9.17) is 14.0 Å². The minimum absolute atomic E-state index is 0.00755. The number of rotatable bonds is 7. The van der Waals surface area contributed by atoms with E-state index in [-0.39, 0.29) is 41.9 Å². The molecule has 2 aromatic rings. The molecule has 28 heavy (non-hydrogen) atoms. The summed E-state index contributed by atoms with van der Waals surface area (Å²) in [6.07, 6.45) is 0.925. The first kappa shape index (κ1) is 20.3. The Kier molecular flexibility index (Phi) is 5.99. The van der Waals surface area contributed by atoms with E-state index in [1.807, 2.05) is 0 Å². The van der Waals surface area contributed by atoms with Gasteiger partial charge in [0.2, 0.25) is 10.0 Å². The minimum Gasteiger partial charge on any atom is -0.490 e. The number of hydrogen-bond donors (Lipinski definition) is 0. The van der Waals surface area contributed by atoms with Crippen molar-refractivity contribution in [2.24, 2.45) is 0 Å². The molecule has 8 nitrogen and oxygen atoms in total. The van der Waals surface area contributed by atoms with Crippen LogP contribution in [0.5, 0.6) is 5.75 Å². The zero-order valence-corrected chi connectivity index (χ0v) is 16.4. The highest BCUT2D eigenvalue weighted by atomic mass is 32.2. The molecule has 1 aromatic heterocycles. The largest absolute Gasteiger partial charge is 0.490 e. The monoisotopic (exact) mass is 412 g/mol. The zero-order valence-electron chi connectivity index (χ0n) is 15.6. The average molecular weight is 412 g/mol. The number of carbonyl (C=O) groups is 1. The fourth-order valence-corrected chi connectivity index (χ4v) is 5.09. The van der Waals surface area contributed by atoms with E-state index in [0.717, 1.165) is 4.31 Å². The molecule has 0 aliphatic carbocycles. The van der Waals surface area contributed by atoms with Crippen molar-refractivity contribution < 1.29 is 31.6 Å². The number of halogens is 1. The Morgan fingerprint density at radius 3 is 2.64 bits per heavy atom. The molecule has 1 aliphatic heterocycles. The maximum Gasteiger partial charge on any atom is 0.324 e. The third kappa shape index (κ3) is 4.17. The van der Waals surface area contributed by atoms with E-state index in [2.05, 4.69) is 5.16 Å². The molecule has 1 aromatic carbocycles. The Morgan fingerprint density at radius 2 is 2.00 bits per heavy atom. The average Bonchev–Trinajstić information content (AvgIpc) is 3.27. The molecule has 1 aliphatic rings. The van der Waals surface area contributed by atoms with E-state index < -0.39 is 22.0 Å². The Labute approximate surface area is 162 Å². The van der Waals surface area contributed by atoms with E-state index in [9.17, 15) is 17.6 Å². The van der Waals surface area contributed by atoms with Crippen molar-refractivity contribution in [3.63, 3.8) is 0 Å². The highest BCUT2D eigenvalue weighted by Crippen LogP contribution is 2.30. The van der Waals surface area contributed by atoms with Crippen LogP contribution in [0.2, 0.25) is 0 Å². The van der Waals surface area contributed by atoms with Crippen LogP contribution in [0.15, 0.2) is 33.7 Å². The smallest absolute Gasteiger partial charge is 0.324 e. The number of aromatic nitrogens is 1. The molecule has 0 spiro atoms. The number of benzene rings is 1. The molecule has 0 N–H and O–H groups in total. The maximum absolute atomic E-state index is 13.0. The van der Waals surface area contributed by atoms with Crippen LogP contribution in [-0.2, 0) is 19.6 Å². The van der Waals surface area contributed by atoms with Gasteiger partial charge in [0.15, 0.2) is 5.76 Å². The summed E-state index contributed by atoms with van der Waals surface area (Å²) >= 11 is 0. The normalized spacial score (nSPS) is 17.6. The predicted octanol–water partition coefficient (Wildman–Crippen LogP) is 2.21. The third-order valence-corrected chi connectivity index (χ3v) is 6.57. The summed E-state index contributed by atoms with van der Waals surface area (Å²) in [5.74, 6) is -0.375. The summed E-state index contributed by atoms with van der Waals surface area (Å²) in [4.78, 5) is 12.4. The number of nitrogens with zero attached hydrogens (tertiary/aromatic N) is 2. The second-order valence-corrected chi connectivity index (χ2v) is 8.22. The molecule has 1 atom stereocenters. The van der Waals surface area contributed by atoms with Crippen molar-refractivity contribution in [2.75, 3.05) is 19.8 Å². The number of esters is 1. The molecule has 0 unspecified atom stereocenters. The van der Waals surface area contributed by atoms with E-state index in [0.29, 0.717) is 18.6 Å². The van der Waals surface area contributed by atoms with Gasteiger partial charge in [-0.1, -0.05) is 5.16 Å². The molecule has 0 radical (unpaired) electrons. The number of hydrogen-bond acceptors (Lipinski definition) is 7. The van der Waals surface area contributed by atoms with Crippen LogP contribution in [-0.4, -0.2) is 49.6 Å². The lowest BCUT2D eigenvalue weighted by Crippen LogP contribution is -2.42. The molecule has 1 fully saturated rings. The number of sulfonamides is 1. The highest BCUT2D eigenvalue weighted by Gasteiger charge is 2.42. The standard InChI is InChI=1S/C18H21FN2O6S/c1-12-17(13(2)27-20-12)28(23,24)21-9-3-4-16(21)18(22)26-11-10-25-15-7-5-14(19)6-8-15/h5-8,16H,3-4,9-11H2,1-2H3/t16-/m0/s1. The highest BCUT2D eigenvalue weighted by molar-refractivity contribution is 7.89. The topological polar surface area (TPSA) is 98.9 Å². The summed E-state index contributed by atoms with van der Waals surface area (Å²) in [7, 11) is -3.92. The van der Waals surface area contributed by atoms with Crippen molar-refractivity contribution >= 4 is 16.0 Å². The Balaban J connectivity index is 1.59. The van der Waals surface area contributed by atoms with Gasteiger partial charge in [0.1, 0.15) is 41.4 Å². The summed E-state index contributed by atoms with van der Waals surface area (Å²) in [6.45, 7) is 3.30. The molecule has 3 rings (SSSR count). The van der Waals surface area contributed by atoms with Gasteiger partial charge in [-0.2, -0.15) is 4.31 Å². The van der Waals surface area contributed by atoms with E-state index in [1.165, 1.54) is 31.2 Å². The SMILES string of the molecule is Cc1noc(C)c1S(=O)(=O)N1CCC[C@H]1C(=O)OCCOc1ccc(F)cc1. The second-order valence-electron chi connectivity index (χ2n) is 6.40. The van der Waals surface area contributed by atoms with Gasteiger partial charge in [0, 0.05) is 6.54 Å². The van der Waals surface area contributed by atoms with Crippen LogP contribution in [0.25, 0.3) is 0 Å². The molecular weight excluding hydrogens is 391 g/mol. The molecule has 0 bridgehead atoms. The van der Waals surface area contributed by atoms with Crippen molar-refractivity contribution in [2.45, 2.75) is 37.6 Å². The second kappa shape index (κ2) is 8.27. The molecule has 1 saturated heterocycles. The summed E-state index contributed by atoms with van der Waals surface area (Å²) < 4.78 is 55.4. The van der Waals surface area contributed by atoms with Gasteiger partial charge in [-0.3, -0.25) is 4.79 Å². The van der Waals surface area contributed by atoms with Crippen molar-refractivity contribution in [1.82, 2.24) is 9.46 Å². The molecule has 152 valence electrons. The van der Waals surface area contributed by atoms with Gasteiger partial charge in [-0.15, -0.1) is 0 Å². The molecule has 2 heterocycles. The first-order chi connectivity index (χ1) is 13.3. The van der Waals surface area contributed by atoms with E-state index in [1.54, 1.807) is 6.92 Å². The lowest BCUT2D eigenvalue weighted by molar-refractivity contribution is -0.148.